The number of hydrogen-bond donors (Lipinski definition) is 1. The maximum Gasteiger partial charge on any atom is 0.0436 e. The van der Waals surface area contributed by atoms with Crippen LogP contribution in [0.2, 0.25) is 0 Å². The number of fused-ring (bicyclic) bond motifs is 1. The maximum absolute atomic E-state index is 5.69. The van der Waals surface area contributed by atoms with Crippen molar-refractivity contribution in [2.24, 2.45) is 0 Å². The van der Waals surface area contributed by atoms with Gasteiger partial charge in [0.1, 0.15) is 0 Å². The normalized spacial score (nSPS) is 13.9. The fourth-order valence-corrected chi connectivity index (χ4v) is 2.20. The molecular weight excluding hydrogens is 196 g/mol. The van der Waals surface area contributed by atoms with Crippen molar-refractivity contribution in [1.82, 2.24) is 0 Å². The first kappa shape index (κ1) is 9.28. The Balaban J connectivity index is 1.88. The van der Waals surface area contributed by atoms with Crippen LogP contribution in [0.3, 0.4) is 0 Å². The molecule has 2 N–H and O–H groups in total. The Kier molecular flexibility index (Phi) is 2.07. The molecule has 3 rings (SSSR count). The van der Waals surface area contributed by atoms with Crippen LogP contribution in [-0.4, -0.2) is 0 Å². The highest BCUT2D eigenvalue weighted by Crippen LogP contribution is 2.28. The number of rotatable bonds is 1. The molecule has 1 heterocycles. The number of nitrogens with two attached hydrogens (primary N) is 1. The molecule has 0 saturated heterocycles. The summed E-state index contributed by atoms with van der Waals surface area (Å²) in [5.74, 6) is 0. The SMILES string of the molecule is Nc1ccc(N2Cc3ccccc3C2)cc1. The zero-order valence-electron chi connectivity index (χ0n) is 9.06. The number of benzene rings is 2. The quantitative estimate of drug-likeness (QED) is 0.733. The number of anilines is 2. The number of hydrogen-bond acceptors (Lipinski definition) is 2. The fraction of sp³-hybridized carbons (Fsp3) is 0.143. The van der Waals surface area contributed by atoms with E-state index in [-0.39, 0.29) is 0 Å². The van der Waals surface area contributed by atoms with E-state index in [0.717, 1.165) is 18.8 Å². The van der Waals surface area contributed by atoms with Gasteiger partial charge in [-0.2, -0.15) is 0 Å². The van der Waals surface area contributed by atoms with Gasteiger partial charge in [0.2, 0.25) is 0 Å². The summed E-state index contributed by atoms with van der Waals surface area (Å²) < 4.78 is 0. The van der Waals surface area contributed by atoms with E-state index in [4.69, 9.17) is 5.73 Å². The Hall–Kier alpha value is -1.96. The molecule has 0 amide bonds. The molecule has 0 spiro atoms. The van der Waals surface area contributed by atoms with Crippen LogP contribution in [-0.2, 0) is 13.1 Å². The van der Waals surface area contributed by atoms with Gasteiger partial charge in [-0.1, -0.05) is 24.3 Å². The Morgan fingerprint density at radius 1 is 0.812 bits per heavy atom. The molecule has 0 fully saturated rings. The van der Waals surface area contributed by atoms with Crippen molar-refractivity contribution in [1.29, 1.82) is 0 Å². The molecule has 0 unspecified atom stereocenters. The molecule has 0 aromatic heterocycles. The van der Waals surface area contributed by atoms with Gasteiger partial charge in [0, 0.05) is 24.5 Å². The van der Waals surface area contributed by atoms with E-state index < -0.39 is 0 Å². The molecule has 1 aliphatic heterocycles. The molecule has 80 valence electrons. The number of nitrogen functional groups attached to an aromatic ring is 1. The minimum Gasteiger partial charge on any atom is -0.399 e. The van der Waals surface area contributed by atoms with Gasteiger partial charge in [0.05, 0.1) is 0 Å². The van der Waals surface area contributed by atoms with Crippen molar-refractivity contribution in [2.75, 3.05) is 10.6 Å². The van der Waals surface area contributed by atoms with Gasteiger partial charge in [-0.15, -0.1) is 0 Å². The summed E-state index contributed by atoms with van der Waals surface area (Å²) in [6, 6.07) is 16.7. The van der Waals surface area contributed by atoms with Crippen LogP contribution in [0.25, 0.3) is 0 Å². The molecule has 0 atom stereocenters. The van der Waals surface area contributed by atoms with E-state index in [9.17, 15) is 0 Å². The first-order chi connectivity index (χ1) is 7.83. The Morgan fingerprint density at radius 3 is 1.94 bits per heavy atom. The highest BCUT2D eigenvalue weighted by atomic mass is 15.1. The van der Waals surface area contributed by atoms with E-state index >= 15 is 0 Å². The summed E-state index contributed by atoms with van der Waals surface area (Å²) in [6.07, 6.45) is 0. The minimum atomic E-state index is 0.820. The van der Waals surface area contributed by atoms with Gasteiger partial charge in [-0.3, -0.25) is 0 Å². The molecule has 1 aliphatic rings. The highest BCUT2D eigenvalue weighted by molar-refractivity contribution is 5.56. The van der Waals surface area contributed by atoms with Crippen LogP contribution < -0.4 is 10.6 Å². The maximum atomic E-state index is 5.69. The van der Waals surface area contributed by atoms with Crippen molar-refractivity contribution in [3.05, 3.63) is 59.7 Å². The van der Waals surface area contributed by atoms with Crippen molar-refractivity contribution >= 4 is 11.4 Å². The standard InChI is InChI=1S/C14H14N2/c15-13-5-7-14(8-6-13)16-9-11-3-1-2-4-12(11)10-16/h1-8H,9-10,15H2. The summed E-state index contributed by atoms with van der Waals surface area (Å²) in [5, 5.41) is 0. The lowest BCUT2D eigenvalue weighted by Gasteiger charge is -2.17. The van der Waals surface area contributed by atoms with Crippen molar-refractivity contribution in [3.63, 3.8) is 0 Å². The van der Waals surface area contributed by atoms with Crippen molar-refractivity contribution < 1.29 is 0 Å². The average Bonchev–Trinajstić information content (AvgIpc) is 2.73. The lowest BCUT2D eigenvalue weighted by atomic mass is 10.1. The molecule has 2 heteroatoms. The predicted molar refractivity (Wildman–Crippen MR) is 67.2 cm³/mol. The van der Waals surface area contributed by atoms with Gasteiger partial charge < -0.3 is 10.6 Å². The smallest absolute Gasteiger partial charge is 0.0436 e. The van der Waals surface area contributed by atoms with E-state index in [2.05, 4.69) is 41.3 Å². The summed E-state index contributed by atoms with van der Waals surface area (Å²) in [4.78, 5) is 2.37. The summed E-state index contributed by atoms with van der Waals surface area (Å²) in [7, 11) is 0. The van der Waals surface area contributed by atoms with Crippen LogP contribution in [0.1, 0.15) is 11.1 Å². The van der Waals surface area contributed by atoms with E-state index in [1.807, 2.05) is 12.1 Å². The first-order valence-electron chi connectivity index (χ1n) is 5.50. The summed E-state index contributed by atoms with van der Waals surface area (Å²) >= 11 is 0. The lowest BCUT2D eigenvalue weighted by Crippen LogP contribution is -2.14. The Labute approximate surface area is 95.3 Å². The van der Waals surface area contributed by atoms with Crippen molar-refractivity contribution in [3.8, 4) is 0 Å². The Morgan fingerprint density at radius 2 is 1.38 bits per heavy atom. The number of nitrogens with zero attached hydrogens (tertiary/aromatic N) is 1. The molecule has 16 heavy (non-hydrogen) atoms. The second-order valence-corrected chi connectivity index (χ2v) is 4.22. The van der Waals surface area contributed by atoms with Gasteiger partial charge in [-0.25, -0.2) is 0 Å². The van der Waals surface area contributed by atoms with Crippen LogP contribution in [0, 0.1) is 0 Å². The van der Waals surface area contributed by atoms with Crippen LogP contribution in [0.5, 0.6) is 0 Å². The summed E-state index contributed by atoms with van der Waals surface area (Å²) in [5.41, 5.74) is 10.6. The third-order valence-electron chi connectivity index (χ3n) is 3.10. The average molecular weight is 210 g/mol. The lowest BCUT2D eigenvalue weighted by molar-refractivity contribution is 0.881. The van der Waals surface area contributed by atoms with E-state index in [1.165, 1.54) is 16.8 Å². The van der Waals surface area contributed by atoms with Crippen LogP contribution >= 0.6 is 0 Å². The zero-order valence-corrected chi connectivity index (χ0v) is 9.06. The fourth-order valence-electron chi connectivity index (χ4n) is 2.20. The third kappa shape index (κ3) is 1.52. The third-order valence-corrected chi connectivity index (χ3v) is 3.10. The zero-order chi connectivity index (χ0) is 11.0. The predicted octanol–water partition coefficient (Wildman–Crippen LogP) is 2.79. The van der Waals surface area contributed by atoms with Crippen LogP contribution in [0.15, 0.2) is 48.5 Å². The molecular formula is C14H14N2. The molecule has 0 saturated carbocycles. The van der Waals surface area contributed by atoms with Crippen LogP contribution in [0.4, 0.5) is 11.4 Å². The van der Waals surface area contributed by atoms with E-state index in [0.29, 0.717) is 0 Å². The largest absolute Gasteiger partial charge is 0.399 e. The van der Waals surface area contributed by atoms with Gasteiger partial charge in [-0.05, 0) is 35.4 Å². The molecule has 2 aromatic rings. The van der Waals surface area contributed by atoms with Gasteiger partial charge >= 0.3 is 0 Å². The molecule has 0 aliphatic carbocycles. The second kappa shape index (κ2) is 3.56. The second-order valence-electron chi connectivity index (χ2n) is 4.22. The summed E-state index contributed by atoms with van der Waals surface area (Å²) in [6.45, 7) is 2.00. The minimum absolute atomic E-state index is 0.820. The van der Waals surface area contributed by atoms with Crippen molar-refractivity contribution in [2.45, 2.75) is 13.1 Å². The van der Waals surface area contributed by atoms with E-state index in [1.54, 1.807) is 0 Å². The Bertz CT molecular complexity index is 477. The monoisotopic (exact) mass is 210 g/mol. The molecule has 0 bridgehead atoms. The topological polar surface area (TPSA) is 29.3 Å². The van der Waals surface area contributed by atoms with Gasteiger partial charge in [0.15, 0.2) is 0 Å². The molecule has 2 aromatic carbocycles. The molecule has 2 nitrogen and oxygen atoms in total. The highest BCUT2D eigenvalue weighted by Gasteiger charge is 2.17. The first-order valence-corrected chi connectivity index (χ1v) is 5.50. The molecule has 0 radical (unpaired) electrons. The van der Waals surface area contributed by atoms with Gasteiger partial charge in [0.25, 0.3) is 0 Å².